The first-order chi connectivity index (χ1) is 8.19. The SMILES string of the molecule is CNc1cc(Nc2cnc(F)cc2C)ccn1. The number of rotatable bonds is 3. The van der Waals surface area contributed by atoms with Crippen LogP contribution in [-0.2, 0) is 0 Å². The van der Waals surface area contributed by atoms with Gasteiger partial charge in [-0.3, -0.25) is 0 Å². The summed E-state index contributed by atoms with van der Waals surface area (Å²) in [6.07, 6.45) is 3.17. The van der Waals surface area contributed by atoms with Crippen LogP contribution >= 0.6 is 0 Å². The van der Waals surface area contributed by atoms with E-state index in [1.165, 1.54) is 12.3 Å². The van der Waals surface area contributed by atoms with E-state index in [-0.39, 0.29) is 0 Å². The van der Waals surface area contributed by atoms with E-state index in [1.807, 2.05) is 19.1 Å². The lowest BCUT2D eigenvalue weighted by Crippen LogP contribution is -1.98. The number of pyridine rings is 2. The van der Waals surface area contributed by atoms with Crippen LogP contribution < -0.4 is 10.6 Å². The monoisotopic (exact) mass is 232 g/mol. The molecule has 0 aliphatic rings. The van der Waals surface area contributed by atoms with Crippen molar-refractivity contribution in [3.05, 3.63) is 42.1 Å². The highest BCUT2D eigenvalue weighted by Crippen LogP contribution is 2.20. The van der Waals surface area contributed by atoms with Crippen LogP contribution in [0.1, 0.15) is 5.56 Å². The zero-order chi connectivity index (χ0) is 12.3. The molecule has 5 heteroatoms. The molecule has 0 amide bonds. The molecule has 0 radical (unpaired) electrons. The number of anilines is 3. The molecule has 0 atom stereocenters. The standard InChI is InChI=1S/C12H13FN4/c1-8-5-11(13)16-7-10(8)17-9-3-4-15-12(6-9)14-2/h3-7H,1-2H3,(H2,14,15,17). The summed E-state index contributed by atoms with van der Waals surface area (Å²) in [5, 5.41) is 6.12. The van der Waals surface area contributed by atoms with E-state index in [0.717, 1.165) is 22.8 Å². The smallest absolute Gasteiger partial charge is 0.213 e. The number of hydrogen-bond donors (Lipinski definition) is 2. The summed E-state index contributed by atoms with van der Waals surface area (Å²) in [5.41, 5.74) is 2.46. The number of halogens is 1. The first kappa shape index (κ1) is 11.3. The molecule has 0 saturated carbocycles. The van der Waals surface area contributed by atoms with Crippen molar-refractivity contribution in [2.75, 3.05) is 17.7 Å². The van der Waals surface area contributed by atoms with E-state index >= 15 is 0 Å². The van der Waals surface area contributed by atoms with Gasteiger partial charge < -0.3 is 10.6 Å². The zero-order valence-electron chi connectivity index (χ0n) is 9.66. The Balaban J connectivity index is 2.25. The van der Waals surface area contributed by atoms with Crippen molar-refractivity contribution in [3.63, 3.8) is 0 Å². The van der Waals surface area contributed by atoms with Gasteiger partial charge >= 0.3 is 0 Å². The van der Waals surface area contributed by atoms with Gasteiger partial charge in [-0.1, -0.05) is 0 Å². The maximum atomic E-state index is 12.8. The summed E-state index contributed by atoms with van der Waals surface area (Å²) in [4.78, 5) is 7.73. The molecule has 0 aliphatic carbocycles. The minimum absolute atomic E-state index is 0.473. The second kappa shape index (κ2) is 4.78. The Morgan fingerprint density at radius 3 is 2.76 bits per heavy atom. The molecule has 2 rings (SSSR count). The van der Waals surface area contributed by atoms with Crippen molar-refractivity contribution in [2.24, 2.45) is 0 Å². The molecule has 0 aliphatic heterocycles. The lowest BCUT2D eigenvalue weighted by atomic mass is 10.2. The predicted octanol–water partition coefficient (Wildman–Crippen LogP) is 2.71. The second-order valence-corrected chi connectivity index (χ2v) is 3.63. The van der Waals surface area contributed by atoms with E-state index < -0.39 is 5.95 Å². The van der Waals surface area contributed by atoms with Gasteiger partial charge in [0.1, 0.15) is 5.82 Å². The average Bonchev–Trinajstić information content (AvgIpc) is 2.33. The van der Waals surface area contributed by atoms with E-state index in [0.29, 0.717) is 0 Å². The highest BCUT2D eigenvalue weighted by molar-refractivity contribution is 5.64. The van der Waals surface area contributed by atoms with E-state index in [2.05, 4.69) is 20.6 Å². The van der Waals surface area contributed by atoms with Crippen molar-refractivity contribution in [1.29, 1.82) is 0 Å². The summed E-state index contributed by atoms with van der Waals surface area (Å²) in [6, 6.07) is 5.09. The van der Waals surface area contributed by atoms with E-state index in [1.54, 1.807) is 13.2 Å². The maximum Gasteiger partial charge on any atom is 0.213 e. The number of aryl methyl sites for hydroxylation is 1. The van der Waals surface area contributed by atoms with Gasteiger partial charge in [-0.25, -0.2) is 9.97 Å². The highest BCUT2D eigenvalue weighted by Gasteiger charge is 2.02. The van der Waals surface area contributed by atoms with Crippen LogP contribution in [0.25, 0.3) is 0 Å². The third-order valence-electron chi connectivity index (χ3n) is 2.37. The van der Waals surface area contributed by atoms with Crippen molar-refractivity contribution < 1.29 is 4.39 Å². The first-order valence-corrected chi connectivity index (χ1v) is 5.22. The number of hydrogen-bond acceptors (Lipinski definition) is 4. The molecule has 0 bridgehead atoms. The fraction of sp³-hybridized carbons (Fsp3) is 0.167. The molecule has 0 fully saturated rings. The zero-order valence-corrected chi connectivity index (χ0v) is 9.66. The molecule has 2 aromatic heterocycles. The van der Waals surface area contributed by atoms with Crippen LogP contribution in [0, 0.1) is 12.9 Å². The lowest BCUT2D eigenvalue weighted by molar-refractivity contribution is 0.583. The third kappa shape index (κ3) is 2.69. The minimum Gasteiger partial charge on any atom is -0.373 e. The molecular formula is C12H13FN4. The van der Waals surface area contributed by atoms with Crippen LogP contribution in [0.4, 0.5) is 21.6 Å². The van der Waals surface area contributed by atoms with E-state index in [9.17, 15) is 4.39 Å². The number of nitrogens with one attached hydrogen (secondary N) is 2. The van der Waals surface area contributed by atoms with Gasteiger partial charge in [0, 0.05) is 25.0 Å². The van der Waals surface area contributed by atoms with Gasteiger partial charge in [-0.2, -0.15) is 4.39 Å². The topological polar surface area (TPSA) is 49.8 Å². The molecule has 2 N–H and O–H groups in total. The normalized spacial score (nSPS) is 10.1. The lowest BCUT2D eigenvalue weighted by Gasteiger charge is -2.09. The van der Waals surface area contributed by atoms with E-state index in [4.69, 9.17) is 0 Å². The molecule has 4 nitrogen and oxygen atoms in total. The summed E-state index contributed by atoms with van der Waals surface area (Å²) in [6.45, 7) is 1.83. The van der Waals surface area contributed by atoms with Crippen LogP contribution in [0.5, 0.6) is 0 Å². The molecule has 0 saturated heterocycles. The van der Waals surface area contributed by atoms with Gasteiger partial charge in [0.05, 0.1) is 11.9 Å². The van der Waals surface area contributed by atoms with Crippen molar-refractivity contribution in [1.82, 2.24) is 9.97 Å². The van der Waals surface area contributed by atoms with Crippen LogP contribution in [0.3, 0.4) is 0 Å². The van der Waals surface area contributed by atoms with Gasteiger partial charge in [0.2, 0.25) is 5.95 Å². The Morgan fingerprint density at radius 2 is 2.06 bits per heavy atom. The van der Waals surface area contributed by atoms with Crippen LogP contribution in [-0.4, -0.2) is 17.0 Å². The number of aromatic nitrogens is 2. The van der Waals surface area contributed by atoms with Crippen LogP contribution in [0.2, 0.25) is 0 Å². The van der Waals surface area contributed by atoms with Crippen molar-refractivity contribution in [2.45, 2.75) is 6.92 Å². The molecule has 0 unspecified atom stereocenters. The molecule has 17 heavy (non-hydrogen) atoms. The Labute approximate surface area is 98.9 Å². The quantitative estimate of drug-likeness (QED) is 0.799. The largest absolute Gasteiger partial charge is 0.373 e. The van der Waals surface area contributed by atoms with Gasteiger partial charge in [-0.05, 0) is 24.6 Å². The molecule has 0 spiro atoms. The highest BCUT2D eigenvalue weighted by atomic mass is 19.1. The summed E-state index contributed by atoms with van der Waals surface area (Å²) >= 11 is 0. The summed E-state index contributed by atoms with van der Waals surface area (Å²) < 4.78 is 12.8. The second-order valence-electron chi connectivity index (χ2n) is 3.63. The van der Waals surface area contributed by atoms with Crippen molar-refractivity contribution >= 4 is 17.2 Å². The molecule has 2 heterocycles. The Hall–Kier alpha value is -2.17. The Morgan fingerprint density at radius 1 is 1.24 bits per heavy atom. The third-order valence-corrected chi connectivity index (χ3v) is 2.37. The Kier molecular flexibility index (Phi) is 3.18. The minimum atomic E-state index is -0.473. The van der Waals surface area contributed by atoms with Gasteiger partial charge in [-0.15, -0.1) is 0 Å². The Bertz CT molecular complexity index is 528. The van der Waals surface area contributed by atoms with Crippen molar-refractivity contribution in [3.8, 4) is 0 Å². The summed E-state index contributed by atoms with van der Waals surface area (Å²) in [5.74, 6) is 0.293. The molecule has 88 valence electrons. The van der Waals surface area contributed by atoms with Gasteiger partial charge in [0.25, 0.3) is 0 Å². The first-order valence-electron chi connectivity index (χ1n) is 5.22. The fourth-order valence-electron chi connectivity index (χ4n) is 1.45. The predicted molar refractivity (Wildman–Crippen MR) is 66.0 cm³/mol. The summed E-state index contributed by atoms with van der Waals surface area (Å²) in [7, 11) is 1.80. The average molecular weight is 232 g/mol. The fourth-order valence-corrected chi connectivity index (χ4v) is 1.45. The van der Waals surface area contributed by atoms with Crippen LogP contribution in [0.15, 0.2) is 30.6 Å². The number of nitrogens with zero attached hydrogens (tertiary/aromatic N) is 2. The molecular weight excluding hydrogens is 219 g/mol. The maximum absolute atomic E-state index is 12.8. The van der Waals surface area contributed by atoms with Gasteiger partial charge in [0.15, 0.2) is 0 Å². The molecule has 2 aromatic rings. The molecule has 0 aromatic carbocycles.